The van der Waals surface area contributed by atoms with Crippen LogP contribution in [0, 0.1) is 6.92 Å². The number of allylic oxidation sites excluding steroid dienone is 4. The van der Waals surface area contributed by atoms with E-state index in [-0.39, 0.29) is 0 Å². The predicted octanol–water partition coefficient (Wildman–Crippen LogP) is 5.17. The van der Waals surface area contributed by atoms with E-state index in [0.717, 1.165) is 35.4 Å². The largest absolute Gasteiger partial charge is 0.345 e. The van der Waals surface area contributed by atoms with Crippen LogP contribution in [0.5, 0.6) is 0 Å². The van der Waals surface area contributed by atoms with Crippen molar-refractivity contribution >= 4 is 24.1 Å². The number of carbonyl (C=O) groups is 1. The van der Waals surface area contributed by atoms with E-state index in [1.165, 1.54) is 0 Å². The number of hydrogen-bond donors (Lipinski definition) is 1. The number of nitrogens with zero attached hydrogens (tertiary/aromatic N) is 3. The number of benzene rings is 1. The summed E-state index contributed by atoms with van der Waals surface area (Å²) in [6, 6.07) is 9.19. The Kier molecular flexibility index (Phi) is 6.46. The molecule has 0 spiro atoms. The number of nitrogens with one attached hydrogen (secondary N) is 1. The van der Waals surface area contributed by atoms with Gasteiger partial charge in [0, 0.05) is 5.56 Å². The van der Waals surface area contributed by atoms with Gasteiger partial charge in [-0.15, -0.1) is 0 Å². The van der Waals surface area contributed by atoms with E-state index in [0.29, 0.717) is 5.82 Å². The quantitative estimate of drug-likeness (QED) is 0.584. The van der Waals surface area contributed by atoms with Gasteiger partial charge < -0.3 is 0 Å². The number of aliphatic imine (C=N–C) groups is 1. The van der Waals surface area contributed by atoms with E-state index in [4.69, 9.17) is 5.10 Å². The van der Waals surface area contributed by atoms with Crippen molar-refractivity contribution in [2.24, 2.45) is 4.99 Å². The van der Waals surface area contributed by atoms with Crippen molar-refractivity contribution < 1.29 is 4.79 Å². The van der Waals surface area contributed by atoms with Gasteiger partial charge in [0.1, 0.15) is 5.82 Å². The molecule has 2 rings (SSSR count). The summed E-state index contributed by atoms with van der Waals surface area (Å²) >= 11 is 0. The zero-order chi connectivity index (χ0) is 18.2. The van der Waals surface area contributed by atoms with Crippen molar-refractivity contribution in [3.05, 3.63) is 59.8 Å². The van der Waals surface area contributed by atoms with Crippen LogP contribution in [0.25, 0.3) is 11.3 Å². The van der Waals surface area contributed by atoms with Gasteiger partial charge in [0.25, 0.3) is 0 Å². The third-order valence-electron chi connectivity index (χ3n) is 3.76. The molecule has 1 N–H and O–H groups in total. The molecule has 0 bridgehead atoms. The molecule has 0 saturated heterocycles. The van der Waals surface area contributed by atoms with Crippen LogP contribution in [0.3, 0.4) is 0 Å². The Hall–Kier alpha value is -2.95. The minimum absolute atomic E-state index is 0.503. The summed E-state index contributed by atoms with van der Waals surface area (Å²) in [5, 5.41) is 7.54. The maximum absolute atomic E-state index is 11.8. The molecule has 1 heterocycles. The van der Waals surface area contributed by atoms with Crippen LogP contribution in [0.15, 0.2) is 53.6 Å². The lowest BCUT2D eigenvalue weighted by Crippen LogP contribution is -2.11. The molecule has 5 nitrogen and oxygen atoms in total. The fraction of sp³-hybridized carbons (Fsp3) is 0.250. The summed E-state index contributed by atoms with van der Waals surface area (Å²) < 4.78 is 1.73. The van der Waals surface area contributed by atoms with Crippen LogP contribution in [0.4, 0.5) is 10.6 Å². The van der Waals surface area contributed by atoms with Crippen molar-refractivity contribution in [2.45, 2.75) is 33.6 Å². The summed E-state index contributed by atoms with van der Waals surface area (Å²) in [5.41, 5.74) is 3.64. The summed E-state index contributed by atoms with van der Waals surface area (Å²) in [6.07, 6.45) is 8.22. The highest BCUT2D eigenvalue weighted by Crippen LogP contribution is 2.29. The van der Waals surface area contributed by atoms with Crippen LogP contribution < -0.4 is 5.32 Å². The van der Waals surface area contributed by atoms with Gasteiger partial charge in [0.05, 0.1) is 11.4 Å². The van der Waals surface area contributed by atoms with Crippen LogP contribution >= 0.6 is 0 Å². The SMILES string of the molecule is C=NC(=O)Nc1c(C)c(C(/C=C\C)=C/CCC)nn1-c1ccccc1. The first kappa shape index (κ1) is 18.4. The second kappa shape index (κ2) is 8.78. The van der Waals surface area contributed by atoms with E-state index in [9.17, 15) is 4.79 Å². The Morgan fingerprint density at radius 1 is 1.36 bits per heavy atom. The number of urea groups is 1. The smallest absolute Gasteiger partial charge is 0.290 e. The van der Waals surface area contributed by atoms with E-state index < -0.39 is 6.03 Å². The van der Waals surface area contributed by atoms with Gasteiger partial charge in [-0.3, -0.25) is 5.32 Å². The third kappa shape index (κ3) is 4.32. The molecule has 0 aliphatic carbocycles. The summed E-state index contributed by atoms with van der Waals surface area (Å²) in [6.45, 7) is 9.35. The maximum atomic E-state index is 11.8. The topological polar surface area (TPSA) is 59.3 Å². The lowest BCUT2D eigenvalue weighted by molar-refractivity contribution is 0.259. The number of unbranched alkanes of at least 4 members (excludes halogenated alkanes) is 1. The van der Waals surface area contributed by atoms with Gasteiger partial charge >= 0.3 is 6.03 Å². The van der Waals surface area contributed by atoms with Gasteiger partial charge in [-0.2, -0.15) is 5.10 Å². The summed E-state index contributed by atoms with van der Waals surface area (Å²) in [7, 11) is 0. The molecular weight excluding hydrogens is 312 g/mol. The van der Waals surface area contributed by atoms with E-state index in [1.54, 1.807) is 4.68 Å². The van der Waals surface area contributed by atoms with Gasteiger partial charge in [-0.25, -0.2) is 14.5 Å². The zero-order valence-electron chi connectivity index (χ0n) is 15.0. The van der Waals surface area contributed by atoms with E-state index in [1.807, 2.05) is 56.3 Å². The molecule has 0 unspecified atom stereocenters. The Morgan fingerprint density at radius 3 is 2.68 bits per heavy atom. The molecule has 1 aromatic carbocycles. The second-order valence-electron chi connectivity index (χ2n) is 5.61. The first-order valence-electron chi connectivity index (χ1n) is 8.38. The van der Waals surface area contributed by atoms with Crippen molar-refractivity contribution in [3.8, 4) is 5.69 Å². The Morgan fingerprint density at radius 2 is 2.08 bits per heavy atom. The standard InChI is InChI=1S/C20H24N4O/c1-5-7-12-16(11-6-2)18-15(3)19(22-20(25)21-4)24(23-18)17-13-9-8-10-14-17/h6,8-14H,4-5,7H2,1-3H3,(H,22,25)/b11-6-,16-12+. The molecule has 0 atom stereocenters. The van der Waals surface area contributed by atoms with Crippen molar-refractivity contribution in [1.82, 2.24) is 9.78 Å². The summed E-state index contributed by atoms with van der Waals surface area (Å²) in [4.78, 5) is 15.2. The van der Waals surface area contributed by atoms with E-state index in [2.05, 4.69) is 30.0 Å². The monoisotopic (exact) mass is 336 g/mol. The van der Waals surface area contributed by atoms with Gasteiger partial charge in [0.15, 0.2) is 0 Å². The molecule has 0 aliphatic heterocycles. The number of carbonyl (C=O) groups excluding carboxylic acids is 1. The molecule has 0 radical (unpaired) electrons. The Balaban J connectivity index is 2.62. The lowest BCUT2D eigenvalue weighted by Gasteiger charge is -2.07. The van der Waals surface area contributed by atoms with Gasteiger partial charge in [-0.05, 0) is 44.7 Å². The maximum Gasteiger partial charge on any atom is 0.345 e. The Bertz CT molecular complexity index is 801. The van der Waals surface area contributed by atoms with Gasteiger partial charge in [0.2, 0.25) is 0 Å². The molecule has 1 aromatic heterocycles. The first-order valence-corrected chi connectivity index (χ1v) is 8.38. The molecule has 130 valence electrons. The van der Waals surface area contributed by atoms with Crippen LogP contribution in [-0.2, 0) is 0 Å². The highest BCUT2D eigenvalue weighted by atomic mass is 16.2. The molecule has 2 amide bonds. The minimum atomic E-state index is -0.503. The fourth-order valence-electron chi connectivity index (χ4n) is 2.54. The lowest BCUT2D eigenvalue weighted by atomic mass is 10.1. The van der Waals surface area contributed by atoms with E-state index >= 15 is 0 Å². The van der Waals surface area contributed by atoms with Crippen molar-refractivity contribution in [2.75, 3.05) is 5.32 Å². The van der Waals surface area contributed by atoms with Crippen LogP contribution in [0.1, 0.15) is 37.9 Å². The number of amides is 2. The third-order valence-corrected chi connectivity index (χ3v) is 3.76. The van der Waals surface area contributed by atoms with Crippen molar-refractivity contribution in [3.63, 3.8) is 0 Å². The normalized spacial score (nSPS) is 11.7. The average molecular weight is 336 g/mol. The number of aromatic nitrogens is 2. The molecular formula is C20H24N4O. The molecule has 25 heavy (non-hydrogen) atoms. The number of rotatable bonds is 6. The molecule has 0 aliphatic rings. The molecule has 2 aromatic rings. The fourth-order valence-corrected chi connectivity index (χ4v) is 2.54. The van der Waals surface area contributed by atoms with Gasteiger partial charge in [-0.1, -0.05) is 49.8 Å². The first-order chi connectivity index (χ1) is 12.1. The predicted molar refractivity (Wildman–Crippen MR) is 105 cm³/mol. The van der Waals surface area contributed by atoms with Crippen LogP contribution in [-0.4, -0.2) is 22.5 Å². The highest BCUT2D eigenvalue weighted by Gasteiger charge is 2.18. The number of anilines is 1. The number of hydrogen-bond acceptors (Lipinski definition) is 2. The average Bonchev–Trinajstić information content (AvgIpc) is 2.96. The molecule has 0 saturated carbocycles. The Labute approximate surface area is 148 Å². The molecule has 5 heteroatoms. The summed E-state index contributed by atoms with van der Waals surface area (Å²) in [5.74, 6) is 0.602. The van der Waals surface area contributed by atoms with Crippen LogP contribution in [0.2, 0.25) is 0 Å². The number of para-hydroxylation sites is 1. The second-order valence-corrected chi connectivity index (χ2v) is 5.61. The highest BCUT2D eigenvalue weighted by molar-refractivity contribution is 5.93. The minimum Gasteiger partial charge on any atom is -0.290 e. The zero-order valence-corrected chi connectivity index (χ0v) is 15.0. The van der Waals surface area contributed by atoms with Crippen molar-refractivity contribution in [1.29, 1.82) is 0 Å². The molecule has 0 fully saturated rings.